The van der Waals surface area contributed by atoms with E-state index in [1.807, 2.05) is 52.7 Å². The smallest absolute Gasteiger partial charge is 0.264 e. The van der Waals surface area contributed by atoms with Gasteiger partial charge < -0.3 is 19.4 Å². The van der Waals surface area contributed by atoms with Gasteiger partial charge in [-0.1, -0.05) is 12.1 Å². The van der Waals surface area contributed by atoms with Gasteiger partial charge in [0.2, 0.25) is 5.91 Å². The van der Waals surface area contributed by atoms with Crippen LogP contribution in [0, 0.1) is 0 Å². The Morgan fingerprint density at radius 3 is 2.57 bits per heavy atom. The molecular formula is C26H29N5O3S. The van der Waals surface area contributed by atoms with Gasteiger partial charge in [-0.2, -0.15) is 0 Å². The second-order valence-electron chi connectivity index (χ2n) is 8.18. The fourth-order valence-electron chi connectivity index (χ4n) is 4.00. The van der Waals surface area contributed by atoms with Crippen LogP contribution in [0.4, 0.5) is 5.82 Å². The highest BCUT2D eigenvalue weighted by molar-refractivity contribution is 7.12. The first-order valence-electron chi connectivity index (χ1n) is 11.5. The quantitative estimate of drug-likeness (QED) is 0.448. The van der Waals surface area contributed by atoms with Gasteiger partial charge in [0.15, 0.2) is 5.82 Å². The van der Waals surface area contributed by atoms with Crippen molar-refractivity contribution in [3.05, 3.63) is 71.4 Å². The summed E-state index contributed by atoms with van der Waals surface area (Å²) in [6.07, 6.45) is 2.46. The van der Waals surface area contributed by atoms with E-state index in [0.717, 1.165) is 35.8 Å². The largest absolute Gasteiger partial charge is 0.497 e. The molecular weight excluding hydrogens is 462 g/mol. The second-order valence-corrected chi connectivity index (χ2v) is 9.13. The minimum absolute atomic E-state index is 0.0408. The fourth-order valence-corrected chi connectivity index (χ4v) is 4.69. The Morgan fingerprint density at radius 1 is 1.09 bits per heavy atom. The number of carbonyl (C=O) groups is 2. The molecule has 0 saturated carbocycles. The van der Waals surface area contributed by atoms with Crippen molar-refractivity contribution in [2.75, 3.05) is 51.3 Å². The lowest BCUT2D eigenvalue weighted by atomic mass is 10.1. The standard InChI is InChI=1S/C26H29N5O3S/c1-3-13-31(26(33)23-6-4-18-35-23)19-25(32)30-15-5-14-29(16-17-30)24-12-11-22(27-28-24)20-7-9-21(34-2)10-8-20/h3-4,6-12,18H,1,5,13-17,19H2,2H3. The zero-order chi connectivity index (χ0) is 24.6. The molecule has 3 heterocycles. The third-order valence-corrected chi connectivity index (χ3v) is 6.76. The molecule has 1 aliphatic heterocycles. The van der Waals surface area contributed by atoms with Crippen molar-refractivity contribution < 1.29 is 14.3 Å². The summed E-state index contributed by atoms with van der Waals surface area (Å²) in [7, 11) is 1.64. The minimum Gasteiger partial charge on any atom is -0.497 e. The predicted octanol–water partition coefficient (Wildman–Crippen LogP) is 3.58. The highest BCUT2D eigenvalue weighted by Gasteiger charge is 2.24. The van der Waals surface area contributed by atoms with Crippen molar-refractivity contribution in [1.29, 1.82) is 0 Å². The first kappa shape index (κ1) is 24.4. The van der Waals surface area contributed by atoms with Crippen molar-refractivity contribution >= 4 is 29.0 Å². The number of amides is 2. The molecule has 1 saturated heterocycles. The van der Waals surface area contributed by atoms with Gasteiger partial charge in [0, 0.05) is 38.3 Å². The molecule has 35 heavy (non-hydrogen) atoms. The molecule has 0 bridgehead atoms. The molecule has 0 unspecified atom stereocenters. The van der Waals surface area contributed by atoms with Crippen molar-refractivity contribution in [2.45, 2.75) is 6.42 Å². The number of nitrogens with zero attached hydrogens (tertiary/aromatic N) is 5. The molecule has 0 atom stereocenters. The summed E-state index contributed by atoms with van der Waals surface area (Å²) in [6, 6.07) is 15.2. The molecule has 0 N–H and O–H groups in total. The van der Waals surface area contributed by atoms with Crippen LogP contribution in [0.1, 0.15) is 16.1 Å². The van der Waals surface area contributed by atoms with E-state index < -0.39 is 0 Å². The minimum atomic E-state index is -0.142. The van der Waals surface area contributed by atoms with Crippen molar-refractivity contribution in [3.8, 4) is 17.0 Å². The van der Waals surface area contributed by atoms with Crippen LogP contribution in [-0.2, 0) is 4.79 Å². The Hall–Kier alpha value is -3.72. The summed E-state index contributed by atoms with van der Waals surface area (Å²) in [6.45, 7) is 6.75. The summed E-state index contributed by atoms with van der Waals surface area (Å²) in [5.74, 6) is 1.39. The van der Waals surface area contributed by atoms with Crippen LogP contribution in [0.2, 0.25) is 0 Å². The SMILES string of the molecule is C=CCN(CC(=O)N1CCCN(c2ccc(-c3ccc(OC)cc3)nn2)CC1)C(=O)c1cccs1. The lowest BCUT2D eigenvalue weighted by Crippen LogP contribution is -2.44. The molecule has 1 aromatic carbocycles. The molecule has 182 valence electrons. The summed E-state index contributed by atoms with van der Waals surface area (Å²) in [5, 5.41) is 10.7. The first-order valence-corrected chi connectivity index (χ1v) is 12.4. The number of ether oxygens (including phenoxy) is 1. The van der Waals surface area contributed by atoms with Crippen LogP contribution in [0.5, 0.6) is 5.75 Å². The Balaban J connectivity index is 1.36. The Bertz CT molecular complexity index is 1130. The predicted molar refractivity (Wildman–Crippen MR) is 138 cm³/mol. The molecule has 4 rings (SSSR count). The monoisotopic (exact) mass is 491 g/mol. The number of carbonyl (C=O) groups excluding carboxylic acids is 2. The Morgan fingerprint density at radius 2 is 1.91 bits per heavy atom. The topological polar surface area (TPSA) is 78.9 Å². The summed E-state index contributed by atoms with van der Waals surface area (Å²) in [5.41, 5.74) is 1.76. The molecule has 2 aromatic heterocycles. The molecule has 2 amide bonds. The molecule has 3 aromatic rings. The van der Waals surface area contributed by atoms with Crippen LogP contribution < -0.4 is 9.64 Å². The summed E-state index contributed by atoms with van der Waals surface area (Å²) in [4.78, 5) is 32.0. The van der Waals surface area contributed by atoms with Crippen molar-refractivity contribution in [2.24, 2.45) is 0 Å². The van der Waals surface area contributed by atoms with Gasteiger partial charge in [-0.05, 0) is 54.3 Å². The van der Waals surface area contributed by atoms with Gasteiger partial charge in [0.25, 0.3) is 5.91 Å². The maximum Gasteiger partial charge on any atom is 0.264 e. The van der Waals surface area contributed by atoms with Crippen LogP contribution in [0.3, 0.4) is 0 Å². The lowest BCUT2D eigenvalue weighted by molar-refractivity contribution is -0.131. The number of aromatic nitrogens is 2. The highest BCUT2D eigenvalue weighted by Crippen LogP contribution is 2.22. The van der Waals surface area contributed by atoms with Gasteiger partial charge in [0.1, 0.15) is 12.3 Å². The third-order valence-electron chi connectivity index (χ3n) is 5.90. The van der Waals surface area contributed by atoms with Crippen LogP contribution in [0.25, 0.3) is 11.3 Å². The molecule has 1 aliphatic rings. The number of hydrogen-bond acceptors (Lipinski definition) is 7. The van der Waals surface area contributed by atoms with Crippen LogP contribution >= 0.6 is 11.3 Å². The molecule has 0 aliphatic carbocycles. The normalized spacial score (nSPS) is 13.7. The van der Waals surface area contributed by atoms with Crippen molar-refractivity contribution in [3.63, 3.8) is 0 Å². The van der Waals surface area contributed by atoms with E-state index in [-0.39, 0.29) is 18.4 Å². The fraction of sp³-hybridized carbons (Fsp3) is 0.308. The van der Waals surface area contributed by atoms with Gasteiger partial charge in [0.05, 0.1) is 17.7 Å². The Kier molecular flexibility index (Phi) is 8.10. The van der Waals surface area contributed by atoms with E-state index in [9.17, 15) is 9.59 Å². The third kappa shape index (κ3) is 6.05. The number of methoxy groups -OCH3 is 1. The van der Waals surface area contributed by atoms with E-state index in [1.165, 1.54) is 11.3 Å². The van der Waals surface area contributed by atoms with E-state index in [4.69, 9.17) is 4.74 Å². The maximum atomic E-state index is 13.0. The zero-order valence-electron chi connectivity index (χ0n) is 19.8. The average molecular weight is 492 g/mol. The van der Waals surface area contributed by atoms with Gasteiger partial charge >= 0.3 is 0 Å². The number of hydrogen-bond donors (Lipinski definition) is 0. The summed E-state index contributed by atoms with van der Waals surface area (Å²) < 4.78 is 5.21. The molecule has 0 radical (unpaired) electrons. The lowest BCUT2D eigenvalue weighted by Gasteiger charge is -2.26. The zero-order valence-corrected chi connectivity index (χ0v) is 20.6. The van der Waals surface area contributed by atoms with Crippen LogP contribution in [0.15, 0.2) is 66.6 Å². The number of thiophene rings is 1. The summed E-state index contributed by atoms with van der Waals surface area (Å²) >= 11 is 1.37. The number of rotatable bonds is 8. The van der Waals surface area contributed by atoms with Gasteiger partial charge in [-0.15, -0.1) is 28.1 Å². The maximum absolute atomic E-state index is 13.0. The van der Waals surface area contributed by atoms with Gasteiger partial charge in [-0.25, -0.2) is 0 Å². The average Bonchev–Trinajstić information content (AvgIpc) is 3.32. The highest BCUT2D eigenvalue weighted by atomic mass is 32.1. The van der Waals surface area contributed by atoms with Gasteiger partial charge in [-0.3, -0.25) is 9.59 Å². The van der Waals surface area contributed by atoms with Crippen LogP contribution in [-0.4, -0.2) is 78.2 Å². The second kappa shape index (κ2) is 11.6. The number of anilines is 1. The van der Waals surface area contributed by atoms with Crippen molar-refractivity contribution in [1.82, 2.24) is 20.0 Å². The van der Waals surface area contributed by atoms with E-state index in [1.54, 1.807) is 24.2 Å². The molecule has 9 heteroatoms. The van der Waals surface area contributed by atoms with E-state index in [0.29, 0.717) is 31.1 Å². The van der Waals surface area contributed by atoms with E-state index >= 15 is 0 Å². The molecule has 1 fully saturated rings. The van der Waals surface area contributed by atoms with E-state index in [2.05, 4.69) is 21.7 Å². The Labute approximate surface area is 209 Å². The number of benzene rings is 1. The first-order chi connectivity index (χ1) is 17.1. The molecule has 0 spiro atoms. The molecule has 8 nitrogen and oxygen atoms in total.